The molecule has 2 aromatic rings. The van der Waals surface area contributed by atoms with E-state index in [1.165, 1.54) is 0 Å². The molecule has 1 heterocycles. The van der Waals surface area contributed by atoms with Crippen molar-refractivity contribution in [2.24, 2.45) is 0 Å². The molecule has 0 saturated carbocycles. The molecule has 21 heavy (non-hydrogen) atoms. The Balaban J connectivity index is 1.89. The highest BCUT2D eigenvalue weighted by molar-refractivity contribution is 5.40. The third-order valence-corrected chi connectivity index (χ3v) is 4.02. The molecule has 2 atom stereocenters. The van der Waals surface area contributed by atoms with Crippen molar-refractivity contribution in [3.05, 3.63) is 60.2 Å². The van der Waals surface area contributed by atoms with Gasteiger partial charge >= 0.3 is 0 Å². The van der Waals surface area contributed by atoms with Gasteiger partial charge in [-0.3, -0.25) is 4.90 Å². The SMILES string of the molecule is CC(O)N1CCCC1c1ccccc1Oc1ccccc1. The first kappa shape index (κ1) is 14.1. The van der Waals surface area contributed by atoms with E-state index in [1.54, 1.807) is 0 Å². The number of nitrogens with zero attached hydrogens (tertiary/aromatic N) is 1. The van der Waals surface area contributed by atoms with E-state index in [9.17, 15) is 5.11 Å². The molecule has 1 saturated heterocycles. The highest BCUT2D eigenvalue weighted by Gasteiger charge is 2.30. The fourth-order valence-electron chi connectivity index (χ4n) is 3.03. The van der Waals surface area contributed by atoms with Crippen LogP contribution in [-0.2, 0) is 0 Å². The maximum atomic E-state index is 9.95. The van der Waals surface area contributed by atoms with Crippen molar-refractivity contribution >= 4 is 0 Å². The highest BCUT2D eigenvalue weighted by Crippen LogP contribution is 2.39. The van der Waals surface area contributed by atoms with E-state index in [0.29, 0.717) is 0 Å². The normalized spacial score (nSPS) is 20.4. The Labute approximate surface area is 125 Å². The highest BCUT2D eigenvalue weighted by atomic mass is 16.5. The van der Waals surface area contributed by atoms with Crippen LogP contribution in [0.5, 0.6) is 11.5 Å². The predicted molar refractivity (Wildman–Crippen MR) is 83.3 cm³/mol. The third-order valence-electron chi connectivity index (χ3n) is 4.02. The Morgan fingerprint density at radius 3 is 2.57 bits per heavy atom. The summed E-state index contributed by atoms with van der Waals surface area (Å²) < 4.78 is 6.04. The van der Waals surface area contributed by atoms with Crippen LogP contribution in [0.3, 0.4) is 0 Å². The summed E-state index contributed by atoms with van der Waals surface area (Å²) in [7, 11) is 0. The fraction of sp³-hybridized carbons (Fsp3) is 0.333. The molecule has 0 bridgehead atoms. The molecule has 3 rings (SSSR count). The van der Waals surface area contributed by atoms with Crippen LogP contribution in [0.1, 0.15) is 31.4 Å². The van der Waals surface area contributed by atoms with Gasteiger partial charge in [-0.25, -0.2) is 0 Å². The molecule has 1 fully saturated rings. The van der Waals surface area contributed by atoms with E-state index in [4.69, 9.17) is 4.74 Å². The summed E-state index contributed by atoms with van der Waals surface area (Å²) in [6.45, 7) is 2.76. The van der Waals surface area contributed by atoms with Gasteiger partial charge in [-0.15, -0.1) is 0 Å². The van der Waals surface area contributed by atoms with E-state index in [-0.39, 0.29) is 6.04 Å². The number of hydrogen-bond donors (Lipinski definition) is 1. The van der Waals surface area contributed by atoms with Gasteiger partial charge in [-0.2, -0.15) is 0 Å². The molecular formula is C18H21NO2. The summed E-state index contributed by atoms with van der Waals surface area (Å²) in [5.41, 5.74) is 1.15. The Bertz CT molecular complexity index is 583. The standard InChI is InChI=1S/C18H21NO2/c1-14(20)19-13-7-11-17(19)16-10-5-6-12-18(16)21-15-8-3-2-4-9-15/h2-6,8-10,12,14,17,20H,7,11,13H2,1H3. The van der Waals surface area contributed by atoms with Crippen LogP contribution < -0.4 is 4.74 Å². The van der Waals surface area contributed by atoms with Crippen LogP contribution in [0.15, 0.2) is 54.6 Å². The summed E-state index contributed by atoms with van der Waals surface area (Å²) in [6, 6.07) is 18.2. The monoisotopic (exact) mass is 283 g/mol. The van der Waals surface area contributed by atoms with Gasteiger partial charge < -0.3 is 9.84 Å². The lowest BCUT2D eigenvalue weighted by atomic mass is 10.0. The van der Waals surface area contributed by atoms with Gasteiger partial charge in [0, 0.05) is 18.2 Å². The van der Waals surface area contributed by atoms with Crippen molar-refractivity contribution in [2.75, 3.05) is 6.54 Å². The number of ether oxygens (including phenoxy) is 1. The molecule has 110 valence electrons. The Kier molecular flexibility index (Phi) is 4.23. The van der Waals surface area contributed by atoms with Crippen LogP contribution in [-0.4, -0.2) is 22.8 Å². The molecule has 2 aromatic carbocycles. The molecular weight excluding hydrogens is 262 g/mol. The molecule has 1 aliphatic heterocycles. The summed E-state index contributed by atoms with van der Waals surface area (Å²) in [6.07, 6.45) is 1.73. The second-order valence-corrected chi connectivity index (χ2v) is 5.48. The molecule has 3 nitrogen and oxygen atoms in total. The Morgan fingerprint density at radius 2 is 1.81 bits per heavy atom. The number of aliphatic hydroxyl groups is 1. The molecule has 0 amide bonds. The quantitative estimate of drug-likeness (QED) is 0.922. The van der Waals surface area contributed by atoms with Crippen molar-refractivity contribution < 1.29 is 9.84 Å². The second kappa shape index (κ2) is 6.29. The average Bonchev–Trinajstić information content (AvgIpc) is 2.98. The lowest BCUT2D eigenvalue weighted by molar-refractivity contribution is 0.00876. The molecule has 3 heteroatoms. The zero-order valence-corrected chi connectivity index (χ0v) is 12.3. The number of aliphatic hydroxyl groups excluding tert-OH is 1. The van der Waals surface area contributed by atoms with Gasteiger partial charge in [-0.1, -0.05) is 36.4 Å². The number of rotatable bonds is 4. The van der Waals surface area contributed by atoms with Crippen molar-refractivity contribution in [1.29, 1.82) is 0 Å². The van der Waals surface area contributed by atoms with Crippen molar-refractivity contribution in [2.45, 2.75) is 32.0 Å². The average molecular weight is 283 g/mol. The number of hydrogen-bond acceptors (Lipinski definition) is 3. The van der Waals surface area contributed by atoms with E-state index in [0.717, 1.165) is 36.4 Å². The maximum Gasteiger partial charge on any atom is 0.132 e. The van der Waals surface area contributed by atoms with Crippen LogP contribution in [0.25, 0.3) is 0 Å². The summed E-state index contributed by atoms with van der Waals surface area (Å²) >= 11 is 0. The molecule has 1 aliphatic rings. The predicted octanol–water partition coefficient (Wildman–Crippen LogP) is 3.95. The minimum atomic E-state index is -0.428. The lowest BCUT2D eigenvalue weighted by Gasteiger charge is -2.28. The van der Waals surface area contributed by atoms with E-state index in [2.05, 4.69) is 11.0 Å². The number of likely N-dealkylation sites (tertiary alicyclic amines) is 1. The Morgan fingerprint density at radius 1 is 1.10 bits per heavy atom. The largest absolute Gasteiger partial charge is 0.457 e. The molecule has 0 aliphatic carbocycles. The molecule has 1 N–H and O–H groups in total. The summed E-state index contributed by atoms with van der Waals surface area (Å²) in [5, 5.41) is 9.95. The van der Waals surface area contributed by atoms with Crippen LogP contribution >= 0.6 is 0 Å². The first-order chi connectivity index (χ1) is 10.3. The summed E-state index contributed by atoms with van der Waals surface area (Å²) in [5.74, 6) is 1.72. The molecule has 0 aromatic heterocycles. The van der Waals surface area contributed by atoms with E-state index in [1.807, 2.05) is 55.5 Å². The van der Waals surface area contributed by atoms with Gasteiger partial charge in [0.2, 0.25) is 0 Å². The van der Waals surface area contributed by atoms with Crippen molar-refractivity contribution in [3.8, 4) is 11.5 Å². The topological polar surface area (TPSA) is 32.7 Å². The molecule has 0 spiro atoms. The maximum absolute atomic E-state index is 9.95. The van der Waals surface area contributed by atoms with Gasteiger partial charge in [0.25, 0.3) is 0 Å². The van der Waals surface area contributed by atoms with Crippen LogP contribution in [0, 0.1) is 0 Å². The first-order valence-corrected chi connectivity index (χ1v) is 7.51. The minimum absolute atomic E-state index is 0.227. The summed E-state index contributed by atoms with van der Waals surface area (Å²) in [4.78, 5) is 2.13. The number of para-hydroxylation sites is 2. The smallest absolute Gasteiger partial charge is 0.132 e. The van der Waals surface area contributed by atoms with Gasteiger partial charge in [-0.05, 0) is 38.0 Å². The zero-order valence-electron chi connectivity index (χ0n) is 12.3. The van der Waals surface area contributed by atoms with Crippen molar-refractivity contribution in [3.63, 3.8) is 0 Å². The minimum Gasteiger partial charge on any atom is -0.457 e. The van der Waals surface area contributed by atoms with E-state index < -0.39 is 6.23 Å². The zero-order chi connectivity index (χ0) is 14.7. The van der Waals surface area contributed by atoms with E-state index >= 15 is 0 Å². The van der Waals surface area contributed by atoms with Crippen LogP contribution in [0.4, 0.5) is 0 Å². The third kappa shape index (κ3) is 3.09. The number of benzene rings is 2. The van der Waals surface area contributed by atoms with Crippen molar-refractivity contribution in [1.82, 2.24) is 4.90 Å². The molecule has 2 unspecified atom stereocenters. The lowest BCUT2D eigenvalue weighted by Crippen LogP contribution is -2.32. The van der Waals surface area contributed by atoms with Gasteiger partial charge in [0.1, 0.15) is 17.7 Å². The molecule has 0 radical (unpaired) electrons. The Hall–Kier alpha value is -1.84. The fourth-order valence-corrected chi connectivity index (χ4v) is 3.03. The van der Waals surface area contributed by atoms with Gasteiger partial charge in [0.05, 0.1) is 0 Å². The van der Waals surface area contributed by atoms with Gasteiger partial charge in [0.15, 0.2) is 0 Å². The second-order valence-electron chi connectivity index (χ2n) is 5.48. The van der Waals surface area contributed by atoms with Crippen LogP contribution in [0.2, 0.25) is 0 Å². The first-order valence-electron chi connectivity index (χ1n) is 7.51.